The van der Waals surface area contributed by atoms with Gasteiger partial charge in [-0.25, -0.2) is 13.2 Å². The van der Waals surface area contributed by atoms with Crippen LogP contribution in [-0.2, 0) is 26.2 Å². The Bertz CT molecular complexity index is 1670. The van der Waals surface area contributed by atoms with Crippen molar-refractivity contribution in [1.82, 2.24) is 15.0 Å². The van der Waals surface area contributed by atoms with E-state index in [0.717, 1.165) is 10.7 Å². The summed E-state index contributed by atoms with van der Waals surface area (Å²) in [5.74, 6) is -0.867. The summed E-state index contributed by atoms with van der Waals surface area (Å²) in [6, 6.07) is 17.4. The molecule has 0 amide bonds. The predicted molar refractivity (Wildman–Crippen MR) is 141 cm³/mol. The van der Waals surface area contributed by atoms with Gasteiger partial charge in [0.25, 0.3) is 15.6 Å². The van der Waals surface area contributed by atoms with E-state index in [1.54, 1.807) is 36.4 Å². The number of aromatic nitrogens is 3. The fraction of sp³-hybridized carbons (Fsp3) is 0.200. The third-order valence-electron chi connectivity index (χ3n) is 5.90. The van der Waals surface area contributed by atoms with E-state index in [1.807, 2.05) is 17.0 Å². The normalized spacial score (nSPS) is 13.9. The molecule has 0 unspecified atom stereocenters. The number of nitrogens with zero attached hydrogens (tertiary/aromatic N) is 4. The molecule has 1 aliphatic rings. The van der Waals surface area contributed by atoms with Crippen LogP contribution < -0.4 is 15.2 Å². The first-order chi connectivity index (χ1) is 18.3. The molecule has 11 nitrogen and oxygen atoms in total. The topological polar surface area (TPSA) is 133 Å². The van der Waals surface area contributed by atoms with Crippen molar-refractivity contribution in [3.8, 4) is 0 Å². The second-order valence-electron chi connectivity index (χ2n) is 8.34. The van der Waals surface area contributed by atoms with Gasteiger partial charge in [-0.05, 0) is 42.5 Å². The van der Waals surface area contributed by atoms with Crippen molar-refractivity contribution in [2.75, 3.05) is 35.9 Å². The molecule has 0 bridgehead atoms. The number of rotatable bonds is 7. The zero-order valence-electron chi connectivity index (χ0n) is 19.9. The first-order valence-electron chi connectivity index (χ1n) is 11.6. The van der Waals surface area contributed by atoms with Gasteiger partial charge in [0.15, 0.2) is 6.73 Å². The second-order valence-corrected chi connectivity index (χ2v) is 10.4. The number of para-hydroxylation sites is 2. The summed E-state index contributed by atoms with van der Waals surface area (Å²) >= 11 is 6.23. The lowest BCUT2D eigenvalue weighted by Crippen LogP contribution is -2.36. The molecule has 1 aliphatic heterocycles. The van der Waals surface area contributed by atoms with Crippen LogP contribution in [0.2, 0.25) is 5.02 Å². The summed E-state index contributed by atoms with van der Waals surface area (Å²) in [6.45, 7) is 1.80. The molecule has 3 aromatic carbocycles. The number of sulfonamides is 1. The van der Waals surface area contributed by atoms with Gasteiger partial charge in [-0.15, -0.1) is 5.10 Å². The molecule has 2 heterocycles. The summed E-state index contributed by atoms with van der Waals surface area (Å²) in [5, 5.41) is 7.96. The van der Waals surface area contributed by atoms with E-state index in [2.05, 4.69) is 15.0 Å². The van der Waals surface area contributed by atoms with Gasteiger partial charge in [0.1, 0.15) is 10.4 Å². The highest BCUT2D eigenvalue weighted by Gasteiger charge is 2.24. The van der Waals surface area contributed by atoms with Crippen LogP contribution in [0.15, 0.2) is 76.4 Å². The maximum Gasteiger partial charge on any atom is 0.339 e. The standard InChI is InChI=1S/C25H22ClN5O6S/c26-19-10-9-17(25(33)37-16-31-24(32)18-5-1-2-6-20(18)27-29-31)15-23(19)38(34,35)28-21-7-3-4-8-22(21)30-11-13-36-14-12-30/h1-10,15,28H,11-14,16H2. The molecule has 0 saturated carbocycles. The highest BCUT2D eigenvalue weighted by molar-refractivity contribution is 7.92. The Balaban J connectivity index is 1.36. The summed E-state index contributed by atoms with van der Waals surface area (Å²) < 4.78 is 40.7. The first kappa shape index (κ1) is 25.6. The Morgan fingerprint density at radius 1 is 1.05 bits per heavy atom. The van der Waals surface area contributed by atoms with Gasteiger partial charge in [-0.3, -0.25) is 9.52 Å². The molecule has 38 heavy (non-hydrogen) atoms. The predicted octanol–water partition coefficient (Wildman–Crippen LogP) is 2.90. The summed E-state index contributed by atoms with van der Waals surface area (Å²) in [6.07, 6.45) is 0. The van der Waals surface area contributed by atoms with Crippen molar-refractivity contribution in [3.63, 3.8) is 0 Å². The average molecular weight is 556 g/mol. The lowest BCUT2D eigenvalue weighted by atomic mass is 10.2. The third kappa shape index (κ3) is 5.32. The minimum absolute atomic E-state index is 0.0713. The minimum atomic E-state index is -4.18. The second kappa shape index (κ2) is 10.8. The molecule has 0 atom stereocenters. The molecule has 196 valence electrons. The SMILES string of the molecule is O=C(OCn1nnc2ccccc2c1=O)c1ccc(Cl)c(S(=O)(=O)Nc2ccccc2N2CCOCC2)c1. The number of hydrogen-bond acceptors (Lipinski definition) is 9. The number of carbonyl (C=O) groups is 1. The molecule has 4 aromatic rings. The van der Waals surface area contributed by atoms with Crippen LogP contribution in [0.5, 0.6) is 0 Å². The van der Waals surface area contributed by atoms with Crippen molar-refractivity contribution in [2.24, 2.45) is 0 Å². The van der Waals surface area contributed by atoms with Crippen molar-refractivity contribution in [1.29, 1.82) is 0 Å². The summed E-state index contributed by atoms with van der Waals surface area (Å²) in [7, 11) is -4.18. The Labute approximate surface area is 222 Å². The number of benzene rings is 3. The van der Waals surface area contributed by atoms with Gasteiger partial charge in [-0.1, -0.05) is 41.1 Å². The van der Waals surface area contributed by atoms with Gasteiger partial charge < -0.3 is 14.4 Å². The number of ether oxygens (including phenoxy) is 2. The number of esters is 1. The fourth-order valence-corrected chi connectivity index (χ4v) is 5.59. The molecular weight excluding hydrogens is 534 g/mol. The molecule has 1 fully saturated rings. The lowest BCUT2D eigenvalue weighted by Gasteiger charge is -2.30. The molecule has 0 aliphatic carbocycles. The molecule has 5 rings (SSSR count). The van der Waals surface area contributed by atoms with E-state index < -0.39 is 28.3 Å². The van der Waals surface area contributed by atoms with Gasteiger partial charge in [-0.2, -0.15) is 4.68 Å². The van der Waals surface area contributed by atoms with Crippen molar-refractivity contribution in [2.45, 2.75) is 11.6 Å². The number of halogens is 1. The molecule has 0 spiro atoms. The van der Waals surface area contributed by atoms with E-state index in [-0.39, 0.29) is 15.5 Å². The van der Waals surface area contributed by atoms with Crippen LogP contribution >= 0.6 is 11.6 Å². The van der Waals surface area contributed by atoms with Crippen molar-refractivity contribution >= 4 is 49.9 Å². The Morgan fingerprint density at radius 3 is 2.61 bits per heavy atom. The van der Waals surface area contributed by atoms with E-state index in [9.17, 15) is 18.0 Å². The van der Waals surface area contributed by atoms with Crippen molar-refractivity contribution < 1.29 is 22.7 Å². The van der Waals surface area contributed by atoms with E-state index in [4.69, 9.17) is 21.1 Å². The van der Waals surface area contributed by atoms with E-state index in [0.29, 0.717) is 48.6 Å². The van der Waals surface area contributed by atoms with Crippen LogP contribution in [0.25, 0.3) is 10.9 Å². The number of nitrogens with one attached hydrogen (secondary N) is 1. The number of morpholine rings is 1. The van der Waals surface area contributed by atoms with Crippen LogP contribution in [0.4, 0.5) is 11.4 Å². The quantitative estimate of drug-likeness (QED) is 0.342. The number of carbonyl (C=O) groups excluding carboxylic acids is 1. The van der Waals surface area contributed by atoms with Gasteiger partial charge >= 0.3 is 5.97 Å². The monoisotopic (exact) mass is 555 g/mol. The van der Waals surface area contributed by atoms with Gasteiger partial charge in [0, 0.05) is 13.1 Å². The maximum absolute atomic E-state index is 13.3. The Hall–Kier alpha value is -4.00. The van der Waals surface area contributed by atoms with Crippen LogP contribution in [0.1, 0.15) is 10.4 Å². The summed E-state index contributed by atoms with van der Waals surface area (Å²) in [5.41, 5.74) is 0.931. The first-order valence-corrected chi connectivity index (χ1v) is 13.4. The van der Waals surface area contributed by atoms with E-state index >= 15 is 0 Å². The highest BCUT2D eigenvalue weighted by Crippen LogP contribution is 2.31. The fourth-order valence-electron chi connectivity index (χ4n) is 3.99. The molecule has 1 N–H and O–H groups in total. The largest absolute Gasteiger partial charge is 0.439 e. The minimum Gasteiger partial charge on any atom is -0.439 e. The molecule has 0 radical (unpaired) electrons. The van der Waals surface area contributed by atoms with Crippen LogP contribution in [0.3, 0.4) is 0 Å². The molecule has 1 aromatic heterocycles. The highest BCUT2D eigenvalue weighted by atomic mass is 35.5. The van der Waals surface area contributed by atoms with E-state index in [1.165, 1.54) is 12.1 Å². The van der Waals surface area contributed by atoms with Gasteiger partial charge in [0.05, 0.1) is 40.6 Å². The maximum atomic E-state index is 13.3. The zero-order valence-corrected chi connectivity index (χ0v) is 21.5. The molecular formula is C25H22ClN5O6S. The molecule has 13 heteroatoms. The smallest absolute Gasteiger partial charge is 0.339 e. The third-order valence-corrected chi connectivity index (χ3v) is 7.75. The number of fused-ring (bicyclic) bond motifs is 1. The summed E-state index contributed by atoms with van der Waals surface area (Å²) in [4.78, 5) is 27.0. The number of anilines is 2. The number of hydrogen-bond donors (Lipinski definition) is 1. The van der Waals surface area contributed by atoms with Crippen LogP contribution in [0, 0.1) is 0 Å². The molecule has 1 saturated heterocycles. The zero-order chi connectivity index (χ0) is 26.7. The Kier molecular flexibility index (Phi) is 7.27. The average Bonchev–Trinajstić information content (AvgIpc) is 2.93. The van der Waals surface area contributed by atoms with Crippen LogP contribution in [-0.4, -0.2) is 55.7 Å². The van der Waals surface area contributed by atoms with Crippen molar-refractivity contribution in [3.05, 3.63) is 87.7 Å². The Morgan fingerprint density at radius 2 is 1.79 bits per heavy atom. The van der Waals surface area contributed by atoms with Gasteiger partial charge in [0.2, 0.25) is 0 Å². The lowest BCUT2D eigenvalue weighted by molar-refractivity contribution is 0.0336.